The van der Waals surface area contributed by atoms with Crippen molar-refractivity contribution in [1.29, 1.82) is 0 Å². The molecular formula is C14H20FNO3. The maximum atomic E-state index is 12.9. The number of nitrogens with one attached hydrogen (secondary N) is 1. The summed E-state index contributed by atoms with van der Waals surface area (Å²) < 4.78 is 18.0. The fourth-order valence-corrected chi connectivity index (χ4v) is 1.59. The maximum absolute atomic E-state index is 12.9. The number of aliphatic hydroxyl groups is 1. The molecule has 2 atom stereocenters. The van der Waals surface area contributed by atoms with Gasteiger partial charge in [-0.2, -0.15) is 0 Å². The molecule has 0 saturated carbocycles. The molecule has 0 bridgehead atoms. The Morgan fingerprint density at radius 3 is 2.26 bits per heavy atom. The molecule has 0 aliphatic heterocycles. The second-order valence-electron chi connectivity index (χ2n) is 5.42. The zero-order valence-electron chi connectivity index (χ0n) is 11.6. The van der Waals surface area contributed by atoms with E-state index in [1.807, 2.05) is 0 Å². The molecule has 0 aromatic heterocycles. The van der Waals surface area contributed by atoms with Gasteiger partial charge in [-0.25, -0.2) is 9.18 Å². The fraction of sp³-hybridized carbons (Fsp3) is 0.500. The number of aliphatic hydroxyl groups excluding tert-OH is 1. The zero-order chi connectivity index (χ0) is 14.6. The number of alkyl carbamates (subject to hydrolysis) is 1. The number of hydrogen-bond donors (Lipinski definition) is 2. The van der Waals surface area contributed by atoms with Crippen LogP contribution in [-0.4, -0.2) is 22.9 Å². The van der Waals surface area contributed by atoms with Crippen LogP contribution >= 0.6 is 0 Å². The standard InChI is InChI=1S/C14H20FNO3/c1-9(17)12(10-5-7-11(15)8-6-10)16-13(18)19-14(2,3)4/h5-9,12,17H,1-4H3,(H,16,18)/t9-,12+/m1/s1. The molecule has 1 aromatic rings. The molecule has 0 unspecified atom stereocenters. The third-order valence-electron chi connectivity index (χ3n) is 2.38. The molecule has 5 heteroatoms. The summed E-state index contributed by atoms with van der Waals surface area (Å²) in [6, 6.07) is 4.95. The summed E-state index contributed by atoms with van der Waals surface area (Å²) >= 11 is 0. The van der Waals surface area contributed by atoms with E-state index in [1.165, 1.54) is 24.3 Å². The van der Waals surface area contributed by atoms with Gasteiger partial charge in [-0.3, -0.25) is 0 Å². The third kappa shape index (κ3) is 5.26. The molecule has 4 nitrogen and oxygen atoms in total. The number of carbonyl (C=O) groups is 1. The predicted octanol–water partition coefficient (Wildman–Crippen LogP) is 2.77. The molecule has 2 N–H and O–H groups in total. The number of rotatable bonds is 3. The van der Waals surface area contributed by atoms with Gasteiger partial charge in [-0.15, -0.1) is 0 Å². The first kappa shape index (κ1) is 15.4. The van der Waals surface area contributed by atoms with Crippen LogP contribution in [0.25, 0.3) is 0 Å². The van der Waals surface area contributed by atoms with E-state index in [4.69, 9.17) is 4.74 Å². The van der Waals surface area contributed by atoms with Crippen LogP contribution in [0.2, 0.25) is 0 Å². The van der Waals surface area contributed by atoms with E-state index < -0.39 is 23.8 Å². The van der Waals surface area contributed by atoms with Gasteiger partial charge in [-0.05, 0) is 45.4 Å². The molecule has 0 aliphatic carbocycles. The van der Waals surface area contributed by atoms with E-state index in [0.717, 1.165) is 0 Å². The summed E-state index contributed by atoms with van der Waals surface area (Å²) in [5, 5.41) is 12.3. The van der Waals surface area contributed by atoms with Crippen molar-refractivity contribution < 1.29 is 19.0 Å². The number of carbonyl (C=O) groups excluding carboxylic acids is 1. The van der Waals surface area contributed by atoms with Gasteiger partial charge in [0.15, 0.2) is 0 Å². The quantitative estimate of drug-likeness (QED) is 0.887. The van der Waals surface area contributed by atoms with Crippen LogP contribution in [0, 0.1) is 5.82 Å². The number of hydrogen-bond acceptors (Lipinski definition) is 3. The minimum absolute atomic E-state index is 0.370. The third-order valence-corrected chi connectivity index (χ3v) is 2.38. The highest BCUT2D eigenvalue weighted by Gasteiger charge is 2.23. The van der Waals surface area contributed by atoms with Crippen molar-refractivity contribution in [1.82, 2.24) is 5.32 Å². The Kier molecular flexibility index (Phi) is 4.89. The second kappa shape index (κ2) is 6.02. The minimum Gasteiger partial charge on any atom is -0.444 e. The van der Waals surface area contributed by atoms with Crippen molar-refractivity contribution in [3.8, 4) is 0 Å². The van der Waals surface area contributed by atoms with Gasteiger partial charge in [0.2, 0.25) is 0 Å². The first-order chi connectivity index (χ1) is 8.69. The van der Waals surface area contributed by atoms with Gasteiger partial charge >= 0.3 is 6.09 Å². The number of ether oxygens (including phenoxy) is 1. The van der Waals surface area contributed by atoms with Gasteiger partial charge in [0.05, 0.1) is 12.1 Å². The van der Waals surface area contributed by atoms with Crippen molar-refractivity contribution in [3.63, 3.8) is 0 Å². The van der Waals surface area contributed by atoms with Gasteiger partial charge < -0.3 is 15.2 Å². The molecule has 0 heterocycles. The Balaban J connectivity index is 2.79. The summed E-state index contributed by atoms with van der Waals surface area (Å²) in [6.45, 7) is 6.80. The zero-order valence-corrected chi connectivity index (χ0v) is 11.6. The molecule has 0 radical (unpaired) electrons. The monoisotopic (exact) mass is 269 g/mol. The van der Waals surface area contributed by atoms with Crippen LogP contribution in [0.3, 0.4) is 0 Å². The highest BCUT2D eigenvalue weighted by Crippen LogP contribution is 2.18. The van der Waals surface area contributed by atoms with Crippen LogP contribution in [0.1, 0.15) is 39.3 Å². The number of benzene rings is 1. The lowest BCUT2D eigenvalue weighted by molar-refractivity contribution is 0.0436. The molecular weight excluding hydrogens is 249 g/mol. The van der Waals surface area contributed by atoms with E-state index in [0.29, 0.717) is 5.56 Å². The van der Waals surface area contributed by atoms with Crippen molar-refractivity contribution in [3.05, 3.63) is 35.6 Å². The smallest absolute Gasteiger partial charge is 0.408 e. The summed E-state index contributed by atoms with van der Waals surface area (Å²) in [5.74, 6) is -0.370. The maximum Gasteiger partial charge on any atom is 0.408 e. The molecule has 1 aromatic carbocycles. The van der Waals surface area contributed by atoms with Crippen molar-refractivity contribution in [2.75, 3.05) is 0 Å². The highest BCUT2D eigenvalue weighted by molar-refractivity contribution is 5.68. The predicted molar refractivity (Wildman–Crippen MR) is 70.2 cm³/mol. The molecule has 0 saturated heterocycles. The van der Waals surface area contributed by atoms with Crippen LogP contribution in [0.15, 0.2) is 24.3 Å². The van der Waals surface area contributed by atoms with E-state index in [1.54, 1.807) is 27.7 Å². The second-order valence-corrected chi connectivity index (χ2v) is 5.42. The summed E-state index contributed by atoms with van der Waals surface area (Å²) in [5.41, 5.74) is -0.00175. The molecule has 0 aliphatic rings. The van der Waals surface area contributed by atoms with Crippen molar-refractivity contribution in [2.24, 2.45) is 0 Å². The van der Waals surface area contributed by atoms with Crippen LogP contribution < -0.4 is 5.32 Å². The highest BCUT2D eigenvalue weighted by atomic mass is 19.1. The van der Waals surface area contributed by atoms with Crippen LogP contribution in [0.5, 0.6) is 0 Å². The average molecular weight is 269 g/mol. The van der Waals surface area contributed by atoms with E-state index >= 15 is 0 Å². The number of halogens is 1. The largest absolute Gasteiger partial charge is 0.444 e. The van der Waals surface area contributed by atoms with Gasteiger partial charge in [0.1, 0.15) is 11.4 Å². The minimum atomic E-state index is -0.821. The topological polar surface area (TPSA) is 58.6 Å². The van der Waals surface area contributed by atoms with Crippen molar-refractivity contribution >= 4 is 6.09 Å². The van der Waals surface area contributed by atoms with Crippen LogP contribution in [0.4, 0.5) is 9.18 Å². The Morgan fingerprint density at radius 1 is 1.32 bits per heavy atom. The van der Waals surface area contributed by atoms with E-state index in [2.05, 4.69) is 5.32 Å². The SMILES string of the molecule is C[C@@H](O)[C@H](NC(=O)OC(C)(C)C)c1ccc(F)cc1. The summed E-state index contributed by atoms with van der Waals surface area (Å²) in [6.07, 6.45) is -1.44. The fourth-order valence-electron chi connectivity index (χ4n) is 1.59. The summed E-state index contributed by atoms with van der Waals surface area (Å²) in [7, 11) is 0. The molecule has 19 heavy (non-hydrogen) atoms. The molecule has 106 valence electrons. The lowest BCUT2D eigenvalue weighted by Gasteiger charge is -2.25. The first-order valence-corrected chi connectivity index (χ1v) is 6.12. The molecule has 0 spiro atoms. The van der Waals surface area contributed by atoms with Crippen LogP contribution in [-0.2, 0) is 4.74 Å². The van der Waals surface area contributed by atoms with E-state index in [-0.39, 0.29) is 5.82 Å². The Morgan fingerprint density at radius 2 is 1.84 bits per heavy atom. The van der Waals surface area contributed by atoms with E-state index in [9.17, 15) is 14.3 Å². The molecule has 1 rings (SSSR count). The van der Waals surface area contributed by atoms with Gasteiger partial charge in [0.25, 0.3) is 0 Å². The van der Waals surface area contributed by atoms with Gasteiger partial charge in [0, 0.05) is 0 Å². The Labute approximate surface area is 112 Å². The lowest BCUT2D eigenvalue weighted by Crippen LogP contribution is -2.38. The Bertz CT molecular complexity index is 423. The molecule has 0 fully saturated rings. The molecule has 1 amide bonds. The number of amides is 1. The summed E-state index contributed by atoms with van der Waals surface area (Å²) in [4.78, 5) is 11.7. The normalized spacial score (nSPS) is 14.6. The van der Waals surface area contributed by atoms with Gasteiger partial charge in [-0.1, -0.05) is 12.1 Å². The average Bonchev–Trinajstić information content (AvgIpc) is 2.24. The lowest BCUT2D eigenvalue weighted by atomic mass is 10.0. The first-order valence-electron chi connectivity index (χ1n) is 6.12. The van der Waals surface area contributed by atoms with Crippen molar-refractivity contribution in [2.45, 2.75) is 45.4 Å². The Hall–Kier alpha value is -1.62.